The van der Waals surface area contributed by atoms with E-state index in [4.69, 9.17) is 0 Å². The van der Waals surface area contributed by atoms with E-state index in [1.807, 2.05) is 77.9 Å². The second kappa shape index (κ2) is 10.2. The van der Waals surface area contributed by atoms with Crippen LogP contribution < -0.4 is 5.32 Å². The highest BCUT2D eigenvalue weighted by atomic mass is 16.2. The fourth-order valence-corrected chi connectivity index (χ4v) is 3.39. The van der Waals surface area contributed by atoms with Crippen molar-refractivity contribution in [2.45, 2.75) is 73.0 Å². The Kier molecular flexibility index (Phi) is 8.00. The van der Waals surface area contributed by atoms with Gasteiger partial charge in [0.1, 0.15) is 6.04 Å². The van der Waals surface area contributed by atoms with Gasteiger partial charge in [0.05, 0.1) is 6.42 Å². The molecule has 2 atom stereocenters. The Morgan fingerprint density at radius 2 is 1.48 bits per heavy atom. The summed E-state index contributed by atoms with van der Waals surface area (Å²) in [6.07, 6.45) is 1.14. The minimum atomic E-state index is -0.538. The first-order chi connectivity index (χ1) is 13.7. The molecule has 0 saturated heterocycles. The topological polar surface area (TPSA) is 49.4 Å². The number of nitrogens with zero attached hydrogens (tertiary/aromatic N) is 1. The van der Waals surface area contributed by atoms with Gasteiger partial charge in [0.25, 0.3) is 0 Å². The third-order valence-corrected chi connectivity index (χ3v) is 5.28. The van der Waals surface area contributed by atoms with Crippen molar-refractivity contribution >= 4 is 11.8 Å². The molecule has 2 rings (SSSR count). The zero-order valence-corrected chi connectivity index (χ0v) is 18.6. The summed E-state index contributed by atoms with van der Waals surface area (Å²) in [5, 5.41) is 3.01. The molecule has 0 aliphatic rings. The van der Waals surface area contributed by atoms with Crippen LogP contribution in [0.1, 0.15) is 55.0 Å². The quantitative estimate of drug-likeness (QED) is 0.717. The number of hydrogen-bond donors (Lipinski definition) is 1. The highest BCUT2D eigenvalue weighted by Crippen LogP contribution is 2.15. The average molecular weight is 395 g/mol. The molecular formula is C25H34N2O2. The first kappa shape index (κ1) is 22.7. The van der Waals surface area contributed by atoms with Gasteiger partial charge >= 0.3 is 0 Å². The molecule has 0 unspecified atom stereocenters. The summed E-state index contributed by atoms with van der Waals surface area (Å²) in [5.74, 6) is -0.150. The molecule has 0 radical (unpaired) electrons. The maximum atomic E-state index is 13.3. The molecule has 0 spiro atoms. The van der Waals surface area contributed by atoms with Crippen LogP contribution in [0.5, 0.6) is 0 Å². The van der Waals surface area contributed by atoms with Gasteiger partial charge in [0.15, 0.2) is 0 Å². The zero-order valence-electron chi connectivity index (χ0n) is 18.6. The third kappa shape index (κ3) is 6.74. The highest BCUT2D eigenvalue weighted by Gasteiger charge is 2.26. The molecule has 4 nitrogen and oxygen atoms in total. The molecule has 0 aromatic heterocycles. The maximum absolute atomic E-state index is 13.3. The van der Waals surface area contributed by atoms with Crippen LogP contribution in [0.25, 0.3) is 0 Å². The van der Waals surface area contributed by atoms with Crippen molar-refractivity contribution in [2.75, 3.05) is 0 Å². The van der Waals surface area contributed by atoms with Crippen LogP contribution in [0.2, 0.25) is 0 Å². The number of hydrogen-bond acceptors (Lipinski definition) is 2. The van der Waals surface area contributed by atoms with Crippen LogP contribution in [0.15, 0.2) is 42.5 Å². The lowest BCUT2D eigenvalue weighted by Gasteiger charge is -2.30. The number of carbonyl (C=O) groups is 2. The maximum Gasteiger partial charge on any atom is 0.242 e. The molecule has 0 heterocycles. The van der Waals surface area contributed by atoms with E-state index in [1.165, 1.54) is 5.56 Å². The van der Waals surface area contributed by atoms with E-state index in [-0.39, 0.29) is 24.3 Å². The molecule has 0 bridgehead atoms. The number of aryl methyl sites for hydroxylation is 3. The van der Waals surface area contributed by atoms with E-state index in [0.29, 0.717) is 6.54 Å². The summed E-state index contributed by atoms with van der Waals surface area (Å²) in [5.41, 5.74) is 5.45. The highest BCUT2D eigenvalue weighted by molar-refractivity contribution is 5.88. The summed E-state index contributed by atoms with van der Waals surface area (Å²) >= 11 is 0. The molecule has 29 heavy (non-hydrogen) atoms. The molecule has 1 N–H and O–H groups in total. The molecule has 0 saturated carbocycles. The molecule has 2 amide bonds. The molecule has 2 aromatic carbocycles. The molecule has 4 heteroatoms. The lowest BCUT2D eigenvalue weighted by Crippen LogP contribution is -2.49. The minimum Gasteiger partial charge on any atom is -0.352 e. The van der Waals surface area contributed by atoms with Crippen LogP contribution in [-0.4, -0.2) is 28.8 Å². The standard InChI is InChI=1S/C25H34N2O2/c1-7-20(5)26-25(29)21(6)27(16-22-10-8-17(2)9-11-22)24(28)15-23-13-18(3)12-19(4)14-23/h8-14,20-21H,7,15-16H2,1-6H3,(H,26,29)/t20-,21-/m0/s1. The Balaban J connectivity index is 2.25. The summed E-state index contributed by atoms with van der Waals surface area (Å²) in [4.78, 5) is 27.7. The molecule has 0 aliphatic carbocycles. The Morgan fingerprint density at radius 1 is 0.897 bits per heavy atom. The van der Waals surface area contributed by atoms with Crippen molar-refractivity contribution < 1.29 is 9.59 Å². The van der Waals surface area contributed by atoms with Crippen LogP contribution in [0.4, 0.5) is 0 Å². The minimum absolute atomic E-state index is 0.0395. The normalized spacial score (nSPS) is 12.9. The first-order valence-corrected chi connectivity index (χ1v) is 10.4. The number of benzene rings is 2. The third-order valence-electron chi connectivity index (χ3n) is 5.28. The Morgan fingerprint density at radius 3 is 2.03 bits per heavy atom. The predicted octanol–water partition coefficient (Wildman–Crippen LogP) is 4.49. The van der Waals surface area contributed by atoms with Crippen LogP contribution in [0.3, 0.4) is 0 Å². The fraction of sp³-hybridized carbons (Fsp3) is 0.440. The number of rotatable bonds is 8. The first-order valence-electron chi connectivity index (χ1n) is 10.4. The van der Waals surface area contributed by atoms with Gasteiger partial charge in [-0.3, -0.25) is 9.59 Å². The number of carbonyl (C=O) groups excluding carboxylic acids is 2. The van der Waals surface area contributed by atoms with Gasteiger partial charge in [0.2, 0.25) is 11.8 Å². The van der Waals surface area contributed by atoms with Gasteiger partial charge in [-0.05, 0) is 52.2 Å². The van der Waals surface area contributed by atoms with Gasteiger partial charge in [-0.25, -0.2) is 0 Å². The smallest absolute Gasteiger partial charge is 0.242 e. The van der Waals surface area contributed by atoms with Crippen LogP contribution in [-0.2, 0) is 22.6 Å². The van der Waals surface area contributed by atoms with E-state index in [2.05, 4.69) is 11.4 Å². The van der Waals surface area contributed by atoms with Crippen molar-refractivity contribution in [3.63, 3.8) is 0 Å². The number of nitrogens with one attached hydrogen (secondary N) is 1. The fourth-order valence-electron chi connectivity index (χ4n) is 3.39. The molecule has 156 valence electrons. The van der Waals surface area contributed by atoms with E-state index in [0.717, 1.165) is 28.7 Å². The monoisotopic (exact) mass is 394 g/mol. The molecule has 0 fully saturated rings. The van der Waals surface area contributed by atoms with Crippen LogP contribution in [0, 0.1) is 20.8 Å². The van der Waals surface area contributed by atoms with Crippen molar-refractivity contribution in [1.29, 1.82) is 0 Å². The SMILES string of the molecule is CC[C@H](C)NC(=O)[C@H](C)N(Cc1ccc(C)cc1)C(=O)Cc1cc(C)cc(C)c1. The Bertz CT molecular complexity index is 822. The lowest BCUT2D eigenvalue weighted by molar-refractivity contribution is -0.140. The average Bonchev–Trinajstić information content (AvgIpc) is 2.65. The summed E-state index contributed by atoms with van der Waals surface area (Å²) < 4.78 is 0. The zero-order chi connectivity index (χ0) is 21.6. The Labute approximate surface area is 175 Å². The predicted molar refractivity (Wildman–Crippen MR) is 119 cm³/mol. The van der Waals surface area contributed by atoms with Crippen molar-refractivity contribution in [3.8, 4) is 0 Å². The van der Waals surface area contributed by atoms with E-state index < -0.39 is 6.04 Å². The second-order valence-corrected chi connectivity index (χ2v) is 8.17. The van der Waals surface area contributed by atoms with Gasteiger partial charge in [-0.2, -0.15) is 0 Å². The number of amides is 2. The van der Waals surface area contributed by atoms with Gasteiger partial charge < -0.3 is 10.2 Å². The summed E-state index contributed by atoms with van der Waals surface area (Å²) in [6.45, 7) is 12.3. The molecular weight excluding hydrogens is 360 g/mol. The second-order valence-electron chi connectivity index (χ2n) is 8.17. The lowest BCUT2D eigenvalue weighted by atomic mass is 10.0. The van der Waals surface area contributed by atoms with E-state index in [1.54, 1.807) is 4.90 Å². The van der Waals surface area contributed by atoms with Gasteiger partial charge in [-0.1, -0.05) is 66.1 Å². The van der Waals surface area contributed by atoms with Crippen molar-refractivity contribution in [3.05, 3.63) is 70.3 Å². The van der Waals surface area contributed by atoms with Crippen LogP contribution >= 0.6 is 0 Å². The van der Waals surface area contributed by atoms with Crippen molar-refractivity contribution in [1.82, 2.24) is 10.2 Å². The Hall–Kier alpha value is -2.62. The van der Waals surface area contributed by atoms with Gasteiger partial charge in [0, 0.05) is 12.6 Å². The van der Waals surface area contributed by atoms with E-state index >= 15 is 0 Å². The molecule has 2 aromatic rings. The largest absolute Gasteiger partial charge is 0.352 e. The summed E-state index contributed by atoms with van der Waals surface area (Å²) in [7, 11) is 0. The summed E-state index contributed by atoms with van der Waals surface area (Å²) in [6, 6.07) is 13.8. The van der Waals surface area contributed by atoms with E-state index in [9.17, 15) is 9.59 Å². The molecule has 0 aliphatic heterocycles. The van der Waals surface area contributed by atoms with Crippen molar-refractivity contribution in [2.24, 2.45) is 0 Å². The van der Waals surface area contributed by atoms with Gasteiger partial charge in [-0.15, -0.1) is 0 Å².